The number of rotatable bonds is 6. The van der Waals surface area contributed by atoms with Gasteiger partial charge in [0.25, 0.3) is 0 Å². The van der Waals surface area contributed by atoms with Crippen LogP contribution in [0.25, 0.3) is 0 Å². The van der Waals surface area contributed by atoms with E-state index in [0.717, 1.165) is 25.7 Å². The molecule has 5 nitrogen and oxygen atoms in total. The Bertz CT molecular complexity index is 468. The van der Waals surface area contributed by atoms with Crippen molar-refractivity contribution >= 4 is 29.9 Å². The largest absolute Gasteiger partial charge is 0.377 e. The van der Waals surface area contributed by atoms with Gasteiger partial charge in [-0.15, -0.1) is 24.0 Å². The van der Waals surface area contributed by atoms with E-state index in [9.17, 15) is 0 Å². The molecule has 3 fully saturated rings. The van der Waals surface area contributed by atoms with Gasteiger partial charge in [-0.25, -0.2) is 0 Å². The van der Waals surface area contributed by atoms with Crippen molar-refractivity contribution in [3.8, 4) is 0 Å². The first-order valence-electron chi connectivity index (χ1n) is 10.3. The molecule has 1 aliphatic heterocycles. The Morgan fingerprint density at radius 1 is 1.19 bits per heavy atom. The number of fused-ring (bicyclic) bond motifs is 2. The van der Waals surface area contributed by atoms with Crippen LogP contribution in [0.4, 0.5) is 0 Å². The van der Waals surface area contributed by atoms with Crippen LogP contribution in [-0.4, -0.2) is 61.8 Å². The molecule has 3 aliphatic rings. The van der Waals surface area contributed by atoms with Crippen molar-refractivity contribution in [1.82, 2.24) is 15.5 Å². The summed E-state index contributed by atoms with van der Waals surface area (Å²) in [5.41, 5.74) is 0.376. The summed E-state index contributed by atoms with van der Waals surface area (Å²) in [5, 5.41) is 7.33. The van der Waals surface area contributed by atoms with Gasteiger partial charge in [0.1, 0.15) is 0 Å². The van der Waals surface area contributed by atoms with Crippen molar-refractivity contribution in [2.24, 2.45) is 16.3 Å². The van der Waals surface area contributed by atoms with E-state index in [2.05, 4.69) is 48.2 Å². The maximum absolute atomic E-state index is 6.09. The quantitative estimate of drug-likeness (QED) is 0.350. The van der Waals surface area contributed by atoms with Crippen LogP contribution in [-0.2, 0) is 4.74 Å². The molecule has 3 atom stereocenters. The molecular weight excluding hydrogens is 439 g/mol. The molecule has 1 heterocycles. The Kier molecular flexibility index (Phi) is 8.04. The van der Waals surface area contributed by atoms with Gasteiger partial charge >= 0.3 is 0 Å². The predicted molar refractivity (Wildman–Crippen MR) is 119 cm³/mol. The van der Waals surface area contributed by atoms with E-state index in [1.165, 1.54) is 32.1 Å². The summed E-state index contributed by atoms with van der Waals surface area (Å²) in [5.74, 6) is 1.65. The summed E-state index contributed by atoms with van der Waals surface area (Å²) in [7, 11) is 1.89. The van der Waals surface area contributed by atoms with E-state index < -0.39 is 0 Å². The molecule has 1 spiro atoms. The standard InChI is InChI=1S/C20H38N4O.HI/c1-14(2)24(15(3)4)12-11-22-19(21-5)23-17-16-8-13-25-18(16)20(17)9-6-7-10-20;/h14-18H,6-13H2,1-5H3,(H2,21,22,23);1H. The zero-order valence-corrected chi connectivity index (χ0v) is 19.6. The summed E-state index contributed by atoms with van der Waals surface area (Å²) in [6.07, 6.45) is 7.05. The number of aliphatic imine (C=N–C) groups is 1. The van der Waals surface area contributed by atoms with Gasteiger partial charge in [0.05, 0.1) is 6.10 Å². The molecule has 0 aromatic heterocycles. The summed E-state index contributed by atoms with van der Waals surface area (Å²) in [4.78, 5) is 7.02. The summed E-state index contributed by atoms with van der Waals surface area (Å²) in [6, 6.07) is 1.68. The Labute approximate surface area is 177 Å². The Balaban J connectivity index is 0.00000243. The van der Waals surface area contributed by atoms with Crippen molar-refractivity contribution in [3.05, 3.63) is 0 Å². The van der Waals surface area contributed by atoms with E-state index in [4.69, 9.17) is 4.74 Å². The second kappa shape index (κ2) is 9.41. The molecule has 2 N–H and O–H groups in total. The molecule has 2 saturated carbocycles. The van der Waals surface area contributed by atoms with Crippen LogP contribution in [0, 0.1) is 11.3 Å². The number of ether oxygens (including phenoxy) is 1. The van der Waals surface area contributed by atoms with Gasteiger partial charge in [0.2, 0.25) is 0 Å². The number of hydrogen-bond acceptors (Lipinski definition) is 3. The molecule has 0 aromatic carbocycles. The molecule has 26 heavy (non-hydrogen) atoms. The lowest BCUT2D eigenvalue weighted by molar-refractivity contribution is -0.125. The number of nitrogens with one attached hydrogen (secondary N) is 2. The second-order valence-electron chi connectivity index (χ2n) is 8.73. The highest BCUT2D eigenvalue weighted by atomic mass is 127. The Morgan fingerprint density at radius 3 is 2.42 bits per heavy atom. The minimum atomic E-state index is 0. The average molecular weight is 478 g/mol. The van der Waals surface area contributed by atoms with Crippen molar-refractivity contribution in [1.29, 1.82) is 0 Å². The zero-order valence-electron chi connectivity index (χ0n) is 17.3. The third kappa shape index (κ3) is 4.17. The first kappa shape index (κ1) is 22.2. The first-order chi connectivity index (χ1) is 12.0. The second-order valence-corrected chi connectivity index (χ2v) is 8.73. The SMILES string of the molecule is CN=C(NCCN(C(C)C)C(C)C)NC1C2CCOC2C12CCCC2.I. The third-order valence-electron chi connectivity index (χ3n) is 6.79. The van der Waals surface area contributed by atoms with Gasteiger partial charge in [-0.3, -0.25) is 9.89 Å². The Morgan fingerprint density at radius 2 is 1.85 bits per heavy atom. The average Bonchev–Trinajstić information content (AvgIpc) is 3.21. The van der Waals surface area contributed by atoms with Crippen LogP contribution in [0.15, 0.2) is 4.99 Å². The lowest BCUT2D eigenvalue weighted by Crippen LogP contribution is -2.69. The van der Waals surface area contributed by atoms with E-state index in [1.807, 2.05) is 7.05 Å². The molecule has 3 rings (SSSR count). The predicted octanol–water partition coefficient (Wildman–Crippen LogP) is 3.24. The van der Waals surface area contributed by atoms with E-state index in [1.54, 1.807) is 0 Å². The molecule has 152 valence electrons. The van der Waals surface area contributed by atoms with Crippen LogP contribution in [0.3, 0.4) is 0 Å². The number of guanidine groups is 1. The highest BCUT2D eigenvalue weighted by Crippen LogP contribution is 2.60. The first-order valence-corrected chi connectivity index (χ1v) is 10.3. The lowest BCUT2D eigenvalue weighted by atomic mass is 9.54. The molecule has 3 unspecified atom stereocenters. The van der Waals surface area contributed by atoms with Crippen LogP contribution >= 0.6 is 24.0 Å². The summed E-state index contributed by atoms with van der Waals surface area (Å²) < 4.78 is 6.09. The van der Waals surface area contributed by atoms with Crippen molar-refractivity contribution in [2.45, 2.75) is 84.0 Å². The Hall–Kier alpha value is -0.0800. The van der Waals surface area contributed by atoms with Crippen LogP contribution < -0.4 is 10.6 Å². The topological polar surface area (TPSA) is 48.9 Å². The minimum Gasteiger partial charge on any atom is -0.377 e. The van der Waals surface area contributed by atoms with Crippen molar-refractivity contribution in [2.75, 3.05) is 26.7 Å². The highest BCUT2D eigenvalue weighted by Gasteiger charge is 2.65. The molecular formula is C20H39IN4O. The van der Waals surface area contributed by atoms with Crippen LogP contribution in [0.5, 0.6) is 0 Å². The van der Waals surface area contributed by atoms with Gasteiger partial charge < -0.3 is 15.4 Å². The van der Waals surface area contributed by atoms with Crippen LogP contribution in [0.2, 0.25) is 0 Å². The van der Waals surface area contributed by atoms with E-state index >= 15 is 0 Å². The molecule has 6 heteroatoms. The fourth-order valence-electron chi connectivity index (χ4n) is 5.66. The van der Waals surface area contributed by atoms with Gasteiger partial charge in [0, 0.05) is 56.2 Å². The zero-order chi connectivity index (χ0) is 18.0. The normalized spacial score (nSPS) is 29.8. The van der Waals surface area contributed by atoms with Crippen molar-refractivity contribution in [3.63, 3.8) is 0 Å². The monoisotopic (exact) mass is 478 g/mol. The maximum Gasteiger partial charge on any atom is 0.191 e. The van der Waals surface area contributed by atoms with E-state index in [-0.39, 0.29) is 24.0 Å². The maximum atomic E-state index is 6.09. The molecule has 0 aromatic rings. The molecule has 0 bridgehead atoms. The summed E-state index contributed by atoms with van der Waals surface area (Å²) >= 11 is 0. The van der Waals surface area contributed by atoms with Crippen molar-refractivity contribution < 1.29 is 4.74 Å². The molecule has 0 amide bonds. The molecule has 2 aliphatic carbocycles. The minimum absolute atomic E-state index is 0. The van der Waals surface area contributed by atoms with E-state index in [0.29, 0.717) is 35.6 Å². The highest BCUT2D eigenvalue weighted by molar-refractivity contribution is 14.0. The number of halogens is 1. The third-order valence-corrected chi connectivity index (χ3v) is 6.79. The van der Waals surface area contributed by atoms with Gasteiger partial charge in [0.15, 0.2) is 5.96 Å². The van der Waals surface area contributed by atoms with Gasteiger partial charge in [-0.1, -0.05) is 12.8 Å². The summed E-state index contributed by atoms with van der Waals surface area (Å²) in [6.45, 7) is 12.0. The number of nitrogens with zero attached hydrogens (tertiary/aromatic N) is 2. The fourth-order valence-corrected chi connectivity index (χ4v) is 5.66. The smallest absolute Gasteiger partial charge is 0.191 e. The van der Waals surface area contributed by atoms with Gasteiger partial charge in [-0.2, -0.15) is 0 Å². The van der Waals surface area contributed by atoms with Crippen LogP contribution in [0.1, 0.15) is 59.8 Å². The molecule has 1 saturated heterocycles. The number of hydrogen-bond donors (Lipinski definition) is 2. The fraction of sp³-hybridized carbons (Fsp3) is 0.950. The molecule has 0 radical (unpaired) electrons. The van der Waals surface area contributed by atoms with Gasteiger partial charge in [-0.05, 0) is 47.0 Å². The lowest BCUT2D eigenvalue weighted by Gasteiger charge is -2.57.